The molecule has 0 aliphatic rings. The predicted octanol–water partition coefficient (Wildman–Crippen LogP) is 4.59. The molecule has 0 bridgehead atoms. The summed E-state index contributed by atoms with van der Waals surface area (Å²) in [7, 11) is 0. The zero-order chi connectivity index (χ0) is 15.9. The Bertz CT molecular complexity index is 657. The lowest BCUT2D eigenvalue weighted by Crippen LogP contribution is -2.19. The molecule has 2 aromatic carbocycles. The summed E-state index contributed by atoms with van der Waals surface area (Å²) in [5, 5.41) is 14.7. The molecule has 2 rings (SSSR count). The van der Waals surface area contributed by atoms with Gasteiger partial charge in [-0.3, -0.25) is 0 Å². The van der Waals surface area contributed by atoms with Gasteiger partial charge in [-0.2, -0.15) is 5.26 Å². The van der Waals surface area contributed by atoms with Crippen LogP contribution in [0.4, 0.5) is 16.2 Å². The molecule has 4 heteroatoms. The minimum Gasteiger partial charge on any atom is -0.308 e. The van der Waals surface area contributed by atoms with Gasteiger partial charge in [0.25, 0.3) is 0 Å². The molecule has 2 aromatic rings. The highest BCUT2D eigenvalue weighted by Crippen LogP contribution is 2.24. The maximum atomic E-state index is 11.9. The summed E-state index contributed by atoms with van der Waals surface area (Å²) in [4.78, 5) is 11.9. The number of nitrogens with zero attached hydrogens (tertiary/aromatic N) is 1. The fourth-order valence-corrected chi connectivity index (χ4v) is 2.20. The van der Waals surface area contributed by atoms with Gasteiger partial charge in [-0.05, 0) is 35.7 Å². The molecule has 2 N–H and O–H groups in total. The maximum Gasteiger partial charge on any atom is 0.323 e. The molecule has 2 amide bonds. The average molecular weight is 293 g/mol. The van der Waals surface area contributed by atoms with E-state index in [1.54, 1.807) is 0 Å². The summed E-state index contributed by atoms with van der Waals surface area (Å²) < 4.78 is 0. The van der Waals surface area contributed by atoms with Crippen LogP contribution in [-0.2, 0) is 0 Å². The van der Waals surface area contributed by atoms with Gasteiger partial charge in [0.05, 0.1) is 12.0 Å². The highest BCUT2D eigenvalue weighted by molar-refractivity contribution is 5.99. The number of hydrogen-bond acceptors (Lipinski definition) is 2. The predicted molar refractivity (Wildman–Crippen MR) is 88.7 cm³/mol. The lowest BCUT2D eigenvalue weighted by Gasteiger charge is -2.14. The summed E-state index contributed by atoms with van der Waals surface area (Å²) in [5.74, 6) is 0.123. The van der Waals surface area contributed by atoms with Gasteiger partial charge in [0, 0.05) is 11.4 Å². The van der Waals surface area contributed by atoms with E-state index in [0.29, 0.717) is 5.69 Å². The molecule has 1 atom stereocenters. The monoisotopic (exact) mass is 293 g/mol. The first-order valence-electron chi connectivity index (χ1n) is 7.23. The Labute approximate surface area is 130 Å². The van der Waals surface area contributed by atoms with Gasteiger partial charge in [0.15, 0.2) is 0 Å². The van der Waals surface area contributed by atoms with E-state index in [2.05, 4.69) is 16.7 Å². The molecule has 112 valence electrons. The Kier molecular flexibility index (Phi) is 5.16. The number of nitriles is 1. The van der Waals surface area contributed by atoms with E-state index < -0.39 is 0 Å². The highest BCUT2D eigenvalue weighted by Gasteiger charge is 2.14. The molecule has 0 fully saturated rings. The molecular formula is C18H19N3O. The molecule has 4 nitrogen and oxygen atoms in total. The molecule has 22 heavy (non-hydrogen) atoms. The number of para-hydroxylation sites is 1. The number of carbonyl (C=O) groups is 1. The van der Waals surface area contributed by atoms with Crippen molar-refractivity contribution in [3.05, 3.63) is 60.2 Å². The van der Waals surface area contributed by atoms with E-state index in [1.165, 1.54) is 0 Å². The van der Waals surface area contributed by atoms with Crippen molar-refractivity contribution in [1.29, 1.82) is 5.26 Å². The normalized spacial score (nSPS) is 11.5. The first-order chi connectivity index (χ1) is 10.6. The zero-order valence-electron chi connectivity index (χ0n) is 12.7. The van der Waals surface area contributed by atoms with Gasteiger partial charge in [-0.1, -0.05) is 44.2 Å². The standard InChI is InChI=1S/C18H19N3O/c1-13(2)17(12-19)14-8-10-16(11-9-14)21-18(22)20-15-6-4-3-5-7-15/h3-11,13,17H,1-2H3,(H2,20,21,22)/t17-/m1/s1. The van der Waals surface area contributed by atoms with Gasteiger partial charge in [0.2, 0.25) is 0 Å². The van der Waals surface area contributed by atoms with Gasteiger partial charge in [0.1, 0.15) is 0 Å². The second-order valence-electron chi connectivity index (χ2n) is 5.42. The SMILES string of the molecule is CC(C)[C@@H](C#N)c1ccc(NC(=O)Nc2ccccc2)cc1. The molecule has 0 aromatic heterocycles. The molecule has 0 spiro atoms. The van der Waals surface area contributed by atoms with E-state index in [0.717, 1.165) is 11.3 Å². The van der Waals surface area contributed by atoms with E-state index >= 15 is 0 Å². The number of hydrogen-bond donors (Lipinski definition) is 2. The van der Waals surface area contributed by atoms with Crippen LogP contribution in [0.15, 0.2) is 54.6 Å². The number of urea groups is 1. The Balaban J connectivity index is 1.99. The minimum absolute atomic E-state index is 0.132. The number of benzene rings is 2. The summed E-state index contributed by atoms with van der Waals surface area (Å²) in [5.41, 5.74) is 2.39. The van der Waals surface area contributed by atoms with E-state index in [-0.39, 0.29) is 17.9 Å². The summed E-state index contributed by atoms with van der Waals surface area (Å²) in [6.07, 6.45) is 0. The fourth-order valence-electron chi connectivity index (χ4n) is 2.20. The van der Waals surface area contributed by atoms with Crippen molar-refractivity contribution in [2.75, 3.05) is 10.6 Å². The number of anilines is 2. The quantitative estimate of drug-likeness (QED) is 0.865. The van der Waals surface area contributed by atoms with Crippen LogP contribution in [0.2, 0.25) is 0 Å². The van der Waals surface area contributed by atoms with Crippen molar-refractivity contribution in [1.82, 2.24) is 0 Å². The molecule has 0 saturated heterocycles. The average Bonchev–Trinajstić information content (AvgIpc) is 2.50. The lowest BCUT2D eigenvalue weighted by molar-refractivity contribution is 0.262. The number of rotatable bonds is 4. The second-order valence-corrected chi connectivity index (χ2v) is 5.42. The smallest absolute Gasteiger partial charge is 0.308 e. The Morgan fingerprint density at radius 2 is 1.50 bits per heavy atom. The van der Waals surface area contributed by atoms with Crippen molar-refractivity contribution in [2.45, 2.75) is 19.8 Å². The van der Waals surface area contributed by atoms with Gasteiger partial charge >= 0.3 is 6.03 Å². The van der Waals surface area contributed by atoms with Crippen molar-refractivity contribution in [2.24, 2.45) is 5.92 Å². The van der Waals surface area contributed by atoms with Crippen molar-refractivity contribution in [3.8, 4) is 6.07 Å². The maximum absolute atomic E-state index is 11.9. The summed E-state index contributed by atoms with van der Waals surface area (Å²) in [6.45, 7) is 4.04. The van der Waals surface area contributed by atoms with Gasteiger partial charge in [-0.15, -0.1) is 0 Å². The Hall–Kier alpha value is -2.80. The summed E-state index contributed by atoms with van der Waals surface area (Å²) >= 11 is 0. The van der Waals surface area contributed by atoms with E-state index in [4.69, 9.17) is 0 Å². The minimum atomic E-state index is -0.292. The van der Waals surface area contributed by atoms with Crippen LogP contribution in [0, 0.1) is 17.2 Å². The topological polar surface area (TPSA) is 64.9 Å². The first-order valence-corrected chi connectivity index (χ1v) is 7.23. The van der Waals surface area contributed by atoms with Crippen LogP contribution in [0.25, 0.3) is 0 Å². The molecule has 0 radical (unpaired) electrons. The van der Waals surface area contributed by atoms with Crippen LogP contribution in [0.1, 0.15) is 25.3 Å². The number of amides is 2. The van der Waals surface area contributed by atoms with E-state index in [1.807, 2.05) is 68.4 Å². The van der Waals surface area contributed by atoms with Crippen LogP contribution in [0.3, 0.4) is 0 Å². The molecule has 0 aliphatic heterocycles. The first kappa shape index (κ1) is 15.6. The van der Waals surface area contributed by atoms with Crippen molar-refractivity contribution < 1.29 is 4.79 Å². The van der Waals surface area contributed by atoms with Crippen LogP contribution in [0.5, 0.6) is 0 Å². The summed E-state index contributed by atoms with van der Waals surface area (Å²) in [6, 6.07) is 18.7. The fraction of sp³-hybridized carbons (Fsp3) is 0.222. The second kappa shape index (κ2) is 7.28. The van der Waals surface area contributed by atoms with Gasteiger partial charge < -0.3 is 10.6 Å². The van der Waals surface area contributed by atoms with Gasteiger partial charge in [-0.25, -0.2) is 4.79 Å². The van der Waals surface area contributed by atoms with Crippen LogP contribution < -0.4 is 10.6 Å². The zero-order valence-corrected chi connectivity index (χ0v) is 12.7. The Morgan fingerprint density at radius 3 is 2.00 bits per heavy atom. The molecular weight excluding hydrogens is 274 g/mol. The Morgan fingerprint density at radius 1 is 0.955 bits per heavy atom. The van der Waals surface area contributed by atoms with Crippen LogP contribution in [-0.4, -0.2) is 6.03 Å². The molecule has 0 saturated carbocycles. The third kappa shape index (κ3) is 4.10. The van der Waals surface area contributed by atoms with Crippen LogP contribution >= 0.6 is 0 Å². The molecule has 0 unspecified atom stereocenters. The highest BCUT2D eigenvalue weighted by atomic mass is 16.2. The molecule has 0 aliphatic carbocycles. The third-order valence-corrected chi connectivity index (χ3v) is 3.37. The molecule has 0 heterocycles. The van der Waals surface area contributed by atoms with Crippen molar-refractivity contribution >= 4 is 17.4 Å². The van der Waals surface area contributed by atoms with E-state index in [9.17, 15) is 10.1 Å². The number of carbonyl (C=O) groups excluding carboxylic acids is 1. The number of nitrogens with one attached hydrogen (secondary N) is 2. The largest absolute Gasteiger partial charge is 0.323 e. The lowest BCUT2D eigenvalue weighted by atomic mass is 9.90. The third-order valence-electron chi connectivity index (χ3n) is 3.37. The van der Waals surface area contributed by atoms with Crippen molar-refractivity contribution in [3.63, 3.8) is 0 Å².